The predicted octanol–water partition coefficient (Wildman–Crippen LogP) is 4.83. The van der Waals surface area contributed by atoms with E-state index in [0.717, 1.165) is 44.9 Å². The Balaban J connectivity index is 1.51. The van der Waals surface area contributed by atoms with Crippen LogP contribution in [-0.2, 0) is 4.79 Å². The van der Waals surface area contributed by atoms with Crippen LogP contribution in [0.1, 0.15) is 90.0 Å². The van der Waals surface area contributed by atoms with Gasteiger partial charge in [-0.3, -0.25) is 19.1 Å². The molecule has 1 fully saturated rings. The fourth-order valence-electron chi connectivity index (χ4n) is 4.70. The lowest BCUT2D eigenvalue weighted by molar-refractivity contribution is -0.116. The number of nitrogens with one attached hydrogen (secondary N) is 2. The second-order valence-electron chi connectivity index (χ2n) is 9.09. The van der Waals surface area contributed by atoms with Gasteiger partial charge in [0.25, 0.3) is 5.56 Å². The molecule has 176 valence electrons. The van der Waals surface area contributed by atoms with Crippen LogP contribution in [0.5, 0.6) is 0 Å². The minimum Gasteiger partial charge on any atom is -0.326 e. The number of rotatable bonds is 9. The number of carbonyl (C=O) groups excluding carboxylic acids is 1. The molecule has 2 N–H and O–H groups in total. The van der Waals surface area contributed by atoms with E-state index in [1.54, 1.807) is 18.2 Å². The van der Waals surface area contributed by atoms with Crippen molar-refractivity contribution in [2.24, 2.45) is 0 Å². The van der Waals surface area contributed by atoms with E-state index in [9.17, 15) is 14.4 Å². The van der Waals surface area contributed by atoms with Crippen LogP contribution in [-0.4, -0.2) is 25.4 Å². The van der Waals surface area contributed by atoms with E-state index in [2.05, 4.69) is 27.2 Å². The third-order valence-electron chi connectivity index (χ3n) is 6.51. The number of amides is 1. The van der Waals surface area contributed by atoms with Gasteiger partial charge in [-0.15, -0.1) is 0 Å². The molecule has 3 aromatic rings. The maximum atomic E-state index is 13.1. The molecule has 1 amide bonds. The van der Waals surface area contributed by atoms with Crippen molar-refractivity contribution in [1.82, 2.24) is 19.5 Å². The molecule has 1 aliphatic rings. The summed E-state index contributed by atoms with van der Waals surface area (Å²) >= 11 is 0. The van der Waals surface area contributed by atoms with Crippen LogP contribution in [0, 0.1) is 0 Å². The highest BCUT2D eigenvalue weighted by Crippen LogP contribution is 2.26. The van der Waals surface area contributed by atoms with Crippen molar-refractivity contribution in [2.75, 3.05) is 5.32 Å². The number of aromatic nitrogens is 4. The van der Waals surface area contributed by atoms with Gasteiger partial charge in [0, 0.05) is 18.2 Å². The number of aromatic amines is 1. The van der Waals surface area contributed by atoms with Crippen molar-refractivity contribution in [3.63, 3.8) is 0 Å². The fraction of sp³-hybridized carbons (Fsp3) is 0.560. The Morgan fingerprint density at radius 1 is 1.03 bits per heavy atom. The Kier molecular flexibility index (Phi) is 7.52. The number of fused-ring (bicyclic) bond motifs is 2. The van der Waals surface area contributed by atoms with E-state index in [4.69, 9.17) is 0 Å². The van der Waals surface area contributed by atoms with Gasteiger partial charge in [0.15, 0.2) is 11.2 Å². The zero-order valence-electron chi connectivity index (χ0n) is 19.4. The third kappa shape index (κ3) is 5.49. The first-order valence-electron chi connectivity index (χ1n) is 12.3. The summed E-state index contributed by atoms with van der Waals surface area (Å²) in [5, 5.41) is 2.91. The molecule has 0 unspecified atom stereocenters. The number of H-pyrrole nitrogens is 1. The first-order chi connectivity index (χ1) is 16.1. The molecule has 0 saturated heterocycles. The minimum absolute atomic E-state index is 0.0256. The summed E-state index contributed by atoms with van der Waals surface area (Å²) in [6, 6.07) is 5.16. The average Bonchev–Trinajstić information content (AvgIpc) is 2.81. The largest absolute Gasteiger partial charge is 0.330 e. The molecule has 2 aromatic heterocycles. The Morgan fingerprint density at radius 3 is 2.58 bits per heavy atom. The number of anilines is 1. The summed E-state index contributed by atoms with van der Waals surface area (Å²) in [6.45, 7) is 2.19. The Morgan fingerprint density at radius 2 is 1.79 bits per heavy atom. The van der Waals surface area contributed by atoms with Crippen molar-refractivity contribution in [3.8, 4) is 0 Å². The van der Waals surface area contributed by atoms with Crippen LogP contribution >= 0.6 is 0 Å². The number of nitrogens with zero attached hydrogens (tertiary/aromatic N) is 3. The van der Waals surface area contributed by atoms with Crippen LogP contribution in [0.25, 0.3) is 22.2 Å². The quantitative estimate of drug-likeness (QED) is 0.358. The van der Waals surface area contributed by atoms with Crippen LogP contribution in [0.4, 0.5) is 5.69 Å². The lowest BCUT2D eigenvalue weighted by atomic mass is 9.95. The van der Waals surface area contributed by atoms with Crippen molar-refractivity contribution >= 4 is 33.8 Å². The molecule has 4 rings (SSSR count). The molecule has 33 heavy (non-hydrogen) atoms. The van der Waals surface area contributed by atoms with E-state index in [1.165, 1.54) is 30.3 Å². The highest BCUT2D eigenvalue weighted by molar-refractivity contribution is 5.93. The van der Waals surface area contributed by atoms with E-state index < -0.39 is 5.69 Å². The molecule has 2 heterocycles. The van der Waals surface area contributed by atoms with Gasteiger partial charge in [0.1, 0.15) is 0 Å². The number of hydrogen-bond donors (Lipinski definition) is 2. The van der Waals surface area contributed by atoms with Crippen LogP contribution in [0.3, 0.4) is 0 Å². The van der Waals surface area contributed by atoms with Gasteiger partial charge in [-0.1, -0.05) is 58.3 Å². The van der Waals surface area contributed by atoms with Crippen LogP contribution in [0.2, 0.25) is 0 Å². The van der Waals surface area contributed by atoms with E-state index in [-0.39, 0.29) is 28.7 Å². The van der Waals surface area contributed by atoms with Gasteiger partial charge in [0.2, 0.25) is 5.91 Å². The van der Waals surface area contributed by atoms with E-state index >= 15 is 0 Å². The Labute approximate surface area is 192 Å². The monoisotopic (exact) mass is 451 g/mol. The molecular formula is C25H33N5O3. The van der Waals surface area contributed by atoms with Crippen molar-refractivity contribution < 1.29 is 4.79 Å². The molecule has 1 aliphatic carbocycles. The molecule has 8 nitrogen and oxygen atoms in total. The minimum atomic E-state index is -0.434. The molecule has 0 spiro atoms. The Hall–Kier alpha value is -3.03. The predicted molar refractivity (Wildman–Crippen MR) is 131 cm³/mol. The molecular weight excluding hydrogens is 418 g/mol. The first kappa shape index (κ1) is 23.1. The van der Waals surface area contributed by atoms with Gasteiger partial charge >= 0.3 is 5.69 Å². The van der Waals surface area contributed by atoms with Gasteiger partial charge < -0.3 is 5.32 Å². The first-order valence-corrected chi connectivity index (χ1v) is 12.3. The maximum Gasteiger partial charge on any atom is 0.330 e. The normalized spacial score (nSPS) is 14.7. The fourth-order valence-corrected chi connectivity index (χ4v) is 4.70. The maximum absolute atomic E-state index is 13.1. The molecule has 1 saturated carbocycles. The van der Waals surface area contributed by atoms with Crippen molar-refractivity contribution in [1.29, 1.82) is 0 Å². The van der Waals surface area contributed by atoms with Crippen molar-refractivity contribution in [3.05, 3.63) is 39.0 Å². The van der Waals surface area contributed by atoms with Crippen molar-refractivity contribution in [2.45, 2.75) is 90.0 Å². The van der Waals surface area contributed by atoms with Gasteiger partial charge in [-0.25, -0.2) is 14.8 Å². The lowest BCUT2D eigenvalue weighted by Crippen LogP contribution is -2.39. The molecule has 0 atom stereocenters. The number of carbonyl (C=O) groups is 1. The number of unbranched alkanes of at least 4 members (excludes halogenated alkanes) is 5. The van der Waals surface area contributed by atoms with Gasteiger partial charge in [0.05, 0.1) is 11.0 Å². The summed E-state index contributed by atoms with van der Waals surface area (Å²) < 4.78 is 1.32. The zero-order valence-corrected chi connectivity index (χ0v) is 19.4. The average molecular weight is 452 g/mol. The van der Waals surface area contributed by atoms with E-state index in [0.29, 0.717) is 23.1 Å². The zero-order chi connectivity index (χ0) is 23.2. The summed E-state index contributed by atoms with van der Waals surface area (Å²) in [7, 11) is 0. The summed E-state index contributed by atoms with van der Waals surface area (Å²) in [6.07, 6.45) is 12.1. The molecule has 8 heteroatoms. The van der Waals surface area contributed by atoms with E-state index in [1.807, 2.05) is 0 Å². The standard InChI is InChI=1S/C25H33N5O3/c1-2-3-4-5-6-10-13-21(31)26-17-14-15-19-20(16-17)28-23-22(27-19)24(32)30(25(33)29-23)18-11-8-7-9-12-18/h14-16,18H,2-13H2,1H3,(H,26,31)(H,28,29,33). The molecule has 0 bridgehead atoms. The smallest absolute Gasteiger partial charge is 0.326 e. The second kappa shape index (κ2) is 10.7. The molecule has 1 aromatic carbocycles. The second-order valence-corrected chi connectivity index (χ2v) is 9.09. The lowest BCUT2D eigenvalue weighted by Gasteiger charge is -2.22. The summed E-state index contributed by atoms with van der Waals surface area (Å²) in [5.41, 5.74) is 1.24. The van der Waals surface area contributed by atoms with Gasteiger partial charge in [-0.05, 0) is 37.5 Å². The highest BCUT2D eigenvalue weighted by Gasteiger charge is 2.21. The SMILES string of the molecule is CCCCCCCCC(=O)Nc1ccc2nc3c(=O)n(C4CCCCC4)c(=O)[nH]c3nc2c1. The van der Waals surface area contributed by atoms with Crippen LogP contribution in [0.15, 0.2) is 27.8 Å². The Bertz CT molecular complexity index is 1240. The number of hydrogen-bond acceptors (Lipinski definition) is 5. The molecule has 0 aliphatic heterocycles. The summed E-state index contributed by atoms with van der Waals surface area (Å²) in [5.74, 6) is -0.0256. The highest BCUT2D eigenvalue weighted by atomic mass is 16.2. The van der Waals surface area contributed by atoms with Gasteiger partial charge in [-0.2, -0.15) is 0 Å². The number of benzene rings is 1. The third-order valence-corrected chi connectivity index (χ3v) is 6.51. The summed E-state index contributed by atoms with van der Waals surface area (Å²) in [4.78, 5) is 49.7. The topological polar surface area (TPSA) is 110 Å². The molecule has 0 radical (unpaired) electrons. The van der Waals surface area contributed by atoms with Crippen LogP contribution < -0.4 is 16.6 Å².